The zero-order valence-electron chi connectivity index (χ0n) is 11.7. The monoisotopic (exact) mass is 249 g/mol. The van der Waals surface area contributed by atoms with E-state index in [1.165, 1.54) is 5.56 Å². The van der Waals surface area contributed by atoms with Gasteiger partial charge in [0.05, 0.1) is 7.11 Å². The van der Waals surface area contributed by atoms with Crippen LogP contribution in [0.2, 0.25) is 0 Å². The van der Waals surface area contributed by atoms with Gasteiger partial charge in [-0.05, 0) is 31.4 Å². The smallest absolute Gasteiger partial charge is 0.222 e. The summed E-state index contributed by atoms with van der Waals surface area (Å²) in [5.74, 6) is 1.10. The van der Waals surface area contributed by atoms with Gasteiger partial charge in [0.2, 0.25) is 5.91 Å². The molecule has 0 spiro atoms. The van der Waals surface area contributed by atoms with E-state index in [0.29, 0.717) is 6.54 Å². The summed E-state index contributed by atoms with van der Waals surface area (Å²) in [7, 11) is 1.67. The molecule has 1 aromatic rings. The van der Waals surface area contributed by atoms with Crippen molar-refractivity contribution < 1.29 is 9.53 Å². The minimum absolute atomic E-state index is 0.0874. The maximum Gasteiger partial charge on any atom is 0.222 e. The van der Waals surface area contributed by atoms with Crippen molar-refractivity contribution in [3.8, 4) is 5.75 Å². The lowest BCUT2D eigenvalue weighted by atomic mass is 10.1. The van der Waals surface area contributed by atoms with E-state index in [0.717, 1.165) is 24.2 Å². The number of methoxy groups -OCH3 is 1. The number of nitrogens with one attached hydrogen (secondary N) is 1. The summed E-state index contributed by atoms with van der Waals surface area (Å²) in [5.41, 5.74) is 2.35. The van der Waals surface area contributed by atoms with Crippen LogP contribution in [0.3, 0.4) is 0 Å². The molecule has 0 aliphatic rings. The van der Waals surface area contributed by atoms with Crippen molar-refractivity contribution in [3.63, 3.8) is 0 Å². The van der Waals surface area contributed by atoms with Gasteiger partial charge in [-0.2, -0.15) is 0 Å². The fraction of sp³-hybridized carbons (Fsp3) is 0.533. The van der Waals surface area contributed by atoms with E-state index in [9.17, 15) is 4.79 Å². The van der Waals surface area contributed by atoms with E-state index in [1.54, 1.807) is 7.11 Å². The Bertz CT molecular complexity index is 401. The molecule has 1 unspecified atom stereocenters. The SMILES string of the molecule is CCC(C)C(=O)NCCc1cc(C)ccc1OC. The molecule has 0 aliphatic heterocycles. The lowest BCUT2D eigenvalue weighted by molar-refractivity contribution is -0.124. The third-order valence-electron chi connectivity index (χ3n) is 3.19. The van der Waals surface area contributed by atoms with E-state index < -0.39 is 0 Å². The van der Waals surface area contributed by atoms with Crippen LogP contribution in [-0.2, 0) is 11.2 Å². The molecular weight excluding hydrogens is 226 g/mol. The highest BCUT2D eigenvalue weighted by Gasteiger charge is 2.10. The maximum absolute atomic E-state index is 11.6. The first-order valence-corrected chi connectivity index (χ1v) is 6.49. The normalized spacial score (nSPS) is 12.0. The van der Waals surface area contributed by atoms with Gasteiger partial charge in [0.25, 0.3) is 0 Å². The average Bonchev–Trinajstić information content (AvgIpc) is 2.38. The van der Waals surface area contributed by atoms with Gasteiger partial charge in [-0.25, -0.2) is 0 Å². The first kappa shape index (κ1) is 14.6. The second kappa shape index (κ2) is 7.04. The Kier molecular flexibility index (Phi) is 5.69. The zero-order chi connectivity index (χ0) is 13.5. The predicted octanol–water partition coefficient (Wildman–Crippen LogP) is 2.71. The van der Waals surface area contributed by atoms with E-state index in [4.69, 9.17) is 4.74 Å². The van der Waals surface area contributed by atoms with Crippen molar-refractivity contribution in [2.24, 2.45) is 5.92 Å². The molecule has 0 aliphatic carbocycles. The lowest BCUT2D eigenvalue weighted by Gasteiger charge is -2.12. The molecule has 1 amide bonds. The summed E-state index contributed by atoms with van der Waals surface area (Å²) >= 11 is 0. The summed E-state index contributed by atoms with van der Waals surface area (Å²) in [6, 6.07) is 6.11. The summed E-state index contributed by atoms with van der Waals surface area (Å²) in [6.07, 6.45) is 1.67. The first-order chi connectivity index (χ1) is 8.58. The summed E-state index contributed by atoms with van der Waals surface area (Å²) in [6.45, 7) is 6.68. The van der Waals surface area contributed by atoms with Crippen molar-refractivity contribution in [2.45, 2.75) is 33.6 Å². The largest absolute Gasteiger partial charge is 0.496 e. The Labute approximate surface area is 110 Å². The number of hydrogen-bond acceptors (Lipinski definition) is 2. The molecule has 18 heavy (non-hydrogen) atoms. The van der Waals surface area contributed by atoms with E-state index >= 15 is 0 Å². The molecule has 0 heterocycles. The molecule has 0 fully saturated rings. The van der Waals surface area contributed by atoms with Crippen molar-refractivity contribution in [1.82, 2.24) is 5.32 Å². The zero-order valence-corrected chi connectivity index (χ0v) is 11.7. The molecule has 1 rings (SSSR count). The van der Waals surface area contributed by atoms with Gasteiger partial charge in [0, 0.05) is 12.5 Å². The quantitative estimate of drug-likeness (QED) is 0.842. The van der Waals surface area contributed by atoms with Gasteiger partial charge in [-0.3, -0.25) is 4.79 Å². The Balaban J connectivity index is 2.53. The van der Waals surface area contributed by atoms with E-state index in [1.807, 2.05) is 26.0 Å². The minimum atomic E-state index is 0.0874. The average molecular weight is 249 g/mol. The second-order valence-electron chi connectivity index (χ2n) is 4.67. The van der Waals surface area contributed by atoms with Gasteiger partial charge in [0.15, 0.2) is 0 Å². The molecule has 3 heteroatoms. The highest BCUT2D eigenvalue weighted by Crippen LogP contribution is 2.19. The van der Waals surface area contributed by atoms with Crippen LogP contribution in [-0.4, -0.2) is 19.6 Å². The maximum atomic E-state index is 11.6. The van der Waals surface area contributed by atoms with Gasteiger partial charge >= 0.3 is 0 Å². The van der Waals surface area contributed by atoms with Crippen LogP contribution in [0.5, 0.6) is 5.75 Å². The van der Waals surface area contributed by atoms with Crippen molar-refractivity contribution in [3.05, 3.63) is 29.3 Å². The Morgan fingerprint density at radius 3 is 2.78 bits per heavy atom. The van der Waals surface area contributed by atoms with Gasteiger partial charge < -0.3 is 10.1 Å². The summed E-state index contributed by atoms with van der Waals surface area (Å²) < 4.78 is 5.31. The fourth-order valence-electron chi connectivity index (χ4n) is 1.78. The number of benzene rings is 1. The van der Waals surface area contributed by atoms with Crippen LogP contribution in [0.4, 0.5) is 0 Å². The van der Waals surface area contributed by atoms with Crippen LogP contribution in [0.15, 0.2) is 18.2 Å². The third-order valence-corrected chi connectivity index (χ3v) is 3.19. The number of carbonyl (C=O) groups excluding carboxylic acids is 1. The lowest BCUT2D eigenvalue weighted by Crippen LogP contribution is -2.30. The molecule has 0 bridgehead atoms. The fourth-order valence-corrected chi connectivity index (χ4v) is 1.78. The molecule has 1 N–H and O–H groups in total. The second-order valence-corrected chi connectivity index (χ2v) is 4.67. The highest BCUT2D eigenvalue weighted by atomic mass is 16.5. The van der Waals surface area contributed by atoms with Crippen molar-refractivity contribution in [2.75, 3.05) is 13.7 Å². The number of ether oxygens (including phenoxy) is 1. The highest BCUT2D eigenvalue weighted by molar-refractivity contribution is 5.78. The molecular formula is C15H23NO2. The van der Waals surface area contributed by atoms with Crippen LogP contribution in [0.1, 0.15) is 31.4 Å². The molecule has 3 nitrogen and oxygen atoms in total. The third kappa shape index (κ3) is 4.06. The summed E-state index contributed by atoms with van der Waals surface area (Å²) in [4.78, 5) is 11.6. The topological polar surface area (TPSA) is 38.3 Å². The van der Waals surface area contributed by atoms with Crippen LogP contribution in [0, 0.1) is 12.8 Å². The number of aryl methyl sites for hydroxylation is 1. The number of carbonyl (C=O) groups is 1. The van der Waals surface area contributed by atoms with E-state index in [2.05, 4.69) is 18.3 Å². The molecule has 0 radical (unpaired) electrons. The Morgan fingerprint density at radius 2 is 2.17 bits per heavy atom. The molecule has 1 aromatic carbocycles. The first-order valence-electron chi connectivity index (χ1n) is 6.49. The van der Waals surface area contributed by atoms with Gasteiger partial charge in [-0.1, -0.05) is 31.5 Å². The standard InChI is InChI=1S/C15H23NO2/c1-5-12(3)15(17)16-9-8-13-10-11(2)6-7-14(13)18-4/h6-7,10,12H,5,8-9H2,1-4H3,(H,16,17). The Hall–Kier alpha value is -1.51. The number of hydrogen-bond donors (Lipinski definition) is 1. The molecule has 1 atom stereocenters. The van der Waals surface area contributed by atoms with Crippen LogP contribution in [0.25, 0.3) is 0 Å². The van der Waals surface area contributed by atoms with Gasteiger partial charge in [0.1, 0.15) is 5.75 Å². The van der Waals surface area contributed by atoms with Crippen molar-refractivity contribution in [1.29, 1.82) is 0 Å². The number of amides is 1. The Morgan fingerprint density at radius 1 is 1.44 bits per heavy atom. The number of rotatable bonds is 6. The van der Waals surface area contributed by atoms with Gasteiger partial charge in [-0.15, -0.1) is 0 Å². The predicted molar refractivity (Wildman–Crippen MR) is 73.9 cm³/mol. The minimum Gasteiger partial charge on any atom is -0.496 e. The molecule has 0 aromatic heterocycles. The molecule has 0 saturated carbocycles. The molecule has 0 saturated heterocycles. The van der Waals surface area contributed by atoms with Crippen molar-refractivity contribution >= 4 is 5.91 Å². The molecule has 100 valence electrons. The van der Waals surface area contributed by atoms with Crippen LogP contribution >= 0.6 is 0 Å². The summed E-state index contributed by atoms with van der Waals surface area (Å²) in [5, 5.41) is 2.96. The van der Waals surface area contributed by atoms with E-state index in [-0.39, 0.29) is 11.8 Å². The van der Waals surface area contributed by atoms with Crippen LogP contribution < -0.4 is 10.1 Å².